The fourth-order valence-electron chi connectivity index (χ4n) is 1.66. The number of alkyl carbamates (subject to hydrolysis) is 1. The second kappa shape index (κ2) is 13.8. The van der Waals surface area contributed by atoms with E-state index in [1.54, 1.807) is 0 Å². The van der Waals surface area contributed by atoms with Crippen LogP contribution in [0.1, 0.15) is 66.7 Å². The highest BCUT2D eigenvalue weighted by molar-refractivity contribution is 5.76. The first kappa shape index (κ1) is 23.5. The summed E-state index contributed by atoms with van der Waals surface area (Å²) in [6.45, 7) is 9.77. The average molecular weight is 332 g/mol. The van der Waals surface area contributed by atoms with E-state index in [1.165, 1.54) is 0 Å². The number of carboxylic acid groups (broad SMARTS) is 1. The standard InChI is InChI=1S/C15H30N2O3.CH2O2/c1-6-7-8-9-13(18)17-12(2)10-11-16-14(19)20-15(3,4)5;2-1-3/h12H,6-11H2,1-5H3,(H,16,19)(H,17,18);1H,(H,2,3). The molecule has 1 atom stereocenters. The third-order valence-corrected chi connectivity index (χ3v) is 2.66. The minimum absolute atomic E-state index is 0.0547. The maximum Gasteiger partial charge on any atom is 0.407 e. The molecule has 0 aliphatic heterocycles. The van der Waals surface area contributed by atoms with Gasteiger partial charge in [-0.05, 0) is 40.5 Å². The Hall–Kier alpha value is -1.79. The Morgan fingerprint density at radius 2 is 1.83 bits per heavy atom. The molecular formula is C16H32N2O5. The summed E-state index contributed by atoms with van der Waals surface area (Å²) in [6, 6.07) is 0.0547. The predicted molar refractivity (Wildman–Crippen MR) is 89.3 cm³/mol. The van der Waals surface area contributed by atoms with Gasteiger partial charge in [-0.3, -0.25) is 9.59 Å². The van der Waals surface area contributed by atoms with Crippen LogP contribution in [0.25, 0.3) is 0 Å². The van der Waals surface area contributed by atoms with Gasteiger partial charge in [-0.15, -0.1) is 0 Å². The van der Waals surface area contributed by atoms with E-state index in [0.29, 0.717) is 19.4 Å². The van der Waals surface area contributed by atoms with Crippen LogP contribution in [-0.4, -0.2) is 41.8 Å². The number of carbonyl (C=O) groups excluding carboxylic acids is 2. The van der Waals surface area contributed by atoms with Gasteiger partial charge < -0.3 is 20.5 Å². The van der Waals surface area contributed by atoms with E-state index < -0.39 is 11.7 Å². The van der Waals surface area contributed by atoms with Crippen LogP contribution in [0.5, 0.6) is 0 Å². The van der Waals surface area contributed by atoms with Crippen LogP contribution in [0, 0.1) is 0 Å². The van der Waals surface area contributed by atoms with Crippen molar-refractivity contribution in [2.45, 2.75) is 78.4 Å². The molecule has 0 spiro atoms. The molecule has 0 rings (SSSR count). The minimum Gasteiger partial charge on any atom is -0.483 e. The summed E-state index contributed by atoms with van der Waals surface area (Å²) in [5.41, 5.74) is -0.483. The van der Waals surface area contributed by atoms with Crippen LogP contribution in [0.2, 0.25) is 0 Å². The molecule has 3 N–H and O–H groups in total. The van der Waals surface area contributed by atoms with Crippen LogP contribution >= 0.6 is 0 Å². The van der Waals surface area contributed by atoms with Crippen molar-refractivity contribution in [1.29, 1.82) is 0 Å². The van der Waals surface area contributed by atoms with E-state index >= 15 is 0 Å². The van der Waals surface area contributed by atoms with Gasteiger partial charge in [0.25, 0.3) is 6.47 Å². The van der Waals surface area contributed by atoms with E-state index in [-0.39, 0.29) is 18.4 Å². The third kappa shape index (κ3) is 20.2. The molecule has 0 aromatic rings. The van der Waals surface area contributed by atoms with E-state index in [9.17, 15) is 9.59 Å². The summed E-state index contributed by atoms with van der Waals surface area (Å²) in [5, 5.41) is 12.5. The zero-order chi connectivity index (χ0) is 18.3. The van der Waals surface area contributed by atoms with Crippen molar-refractivity contribution >= 4 is 18.5 Å². The normalized spacial score (nSPS) is 11.5. The monoisotopic (exact) mass is 332 g/mol. The number of rotatable bonds is 8. The van der Waals surface area contributed by atoms with Crippen molar-refractivity contribution in [3.8, 4) is 0 Å². The molecular weight excluding hydrogens is 300 g/mol. The number of unbranched alkanes of at least 4 members (excludes halogenated alkanes) is 2. The predicted octanol–water partition coefficient (Wildman–Crippen LogP) is 2.69. The van der Waals surface area contributed by atoms with Crippen molar-refractivity contribution in [3.05, 3.63) is 0 Å². The molecule has 0 aliphatic carbocycles. The highest BCUT2D eigenvalue weighted by Gasteiger charge is 2.16. The van der Waals surface area contributed by atoms with Gasteiger partial charge in [-0.2, -0.15) is 0 Å². The second-order valence-electron chi connectivity index (χ2n) is 6.25. The molecule has 0 aliphatic rings. The first-order valence-electron chi connectivity index (χ1n) is 8.00. The molecule has 136 valence electrons. The molecule has 0 fully saturated rings. The van der Waals surface area contributed by atoms with Crippen LogP contribution in [-0.2, 0) is 14.3 Å². The zero-order valence-electron chi connectivity index (χ0n) is 15.0. The molecule has 0 aromatic heterocycles. The Morgan fingerprint density at radius 1 is 1.26 bits per heavy atom. The van der Waals surface area contributed by atoms with Crippen molar-refractivity contribution in [3.63, 3.8) is 0 Å². The number of hydrogen-bond acceptors (Lipinski definition) is 4. The van der Waals surface area contributed by atoms with E-state index in [2.05, 4.69) is 17.6 Å². The molecule has 1 unspecified atom stereocenters. The Labute approximate surface area is 139 Å². The molecule has 0 aromatic carbocycles. The first-order chi connectivity index (χ1) is 10.7. The lowest BCUT2D eigenvalue weighted by Crippen LogP contribution is -2.37. The summed E-state index contributed by atoms with van der Waals surface area (Å²) < 4.78 is 5.13. The van der Waals surface area contributed by atoms with Gasteiger partial charge in [-0.25, -0.2) is 4.79 Å². The van der Waals surface area contributed by atoms with Crippen molar-refractivity contribution in [2.24, 2.45) is 0 Å². The lowest BCUT2D eigenvalue weighted by Gasteiger charge is -2.20. The van der Waals surface area contributed by atoms with Gasteiger partial charge in [-0.1, -0.05) is 19.8 Å². The van der Waals surface area contributed by atoms with Gasteiger partial charge in [0, 0.05) is 19.0 Å². The molecule has 0 saturated carbocycles. The molecule has 0 heterocycles. The molecule has 23 heavy (non-hydrogen) atoms. The fraction of sp³-hybridized carbons (Fsp3) is 0.812. The summed E-state index contributed by atoms with van der Waals surface area (Å²) in [7, 11) is 0. The van der Waals surface area contributed by atoms with E-state index in [4.69, 9.17) is 14.6 Å². The smallest absolute Gasteiger partial charge is 0.407 e. The van der Waals surface area contributed by atoms with Crippen LogP contribution < -0.4 is 10.6 Å². The minimum atomic E-state index is -0.483. The highest BCUT2D eigenvalue weighted by atomic mass is 16.6. The number of amides is 2. The first-order valence-corrected chi connectivity index (χ1v) is 8.00. The molecule has 0 bridgehead atoms. The van der Waals surface area contributed by atoms with Crippen LogP contribution in [0.4, 0.5) is 4.79 Å². The molecule has 7 nitrogen and oxygen atoms in total. The Morgan fingerprint density at radius 3 is 2.30 bits per heavy atom. The summed E-state index contributed by atoms with van der Waals surface area (Å²) in [6.07, 6.45) is 3.99. The fourth-order valence-corrected chi connectivity index (χ4v) is 1.66. The average Bonchev–Trinajstić information content (AvgIpc) is 2.37. The number of nitrogens with one attached hydrogen (secondary N) is 2. The Balaban J connectivity index is 0. The molecule has 0 saturated heterocycles. The summed E-state index contributed by atoms with van der Waals surface area (Å²) >= 11 is 0. The Bertz CT molecular complexity index is 340. The Kier molecular flexibility index (Phi) is 14.1. The van der Waals surface area contributed by atoms with E-state index in [0.717, 1.165) is 19.3 Å². The topological polar surface area (TPSA) is 105 Å². The van der Waals surface area contributed by atoms with Crippen LogP contribution in [0.15, 0.2) is 0 Å². The van der Waals surface area contributed by atoms with Crippen LogP contribution in [0.3, 0.4) is 0 Å². The molecule has 2 amide bonds. The molecule has 0 radical (unpaired) electrons. The molecule has 7 heteroatoms. The quantitative estimate of drug-likeness (QED) is 0.468. The second-order valence-corrected chi connectivity index (χ2v) is 6.25. The third-order valence-electron chi connectivity index (χ3n) is 2.66. The van der Waals surface area contributed by atoms with Crippen molar-refractivity contribution in [2.75, 3.05) is 6.54 Å². The number of hydrogen-bond donors (Lipinski definition) is 3. The maximum absolute atomic E-state index is 11.6. The number of carbonyl (C=O) groups is 3. The lowest BCUT2D eigenvalue weighted by atomic mass is 10.2. The summed E-state index contributed by atoms with van der Waals surface area (Å²) in [4.78, 5) is 31.4. The van der Waals surface area contributed by atoms with Gasteiger partial charge in [0.2, 0.25) is 5.91 Å². The van der Waals surface area contributed by atoms with Gasteiger partial charge in [0.05, 0.1) is 0 Å². The zero-order valence-corrected chi connectivity index (χ0v) is 15.0. The number of ether oxygens (including phenoxy) is 1. The maximum atomic E-state index is 11.6. The largest absolute Gasteiger partial charge is 0.483 e. The lowest BCUT2D eigenvalue weighted by molar-refractivity contribution is -0.123. The SMILES string of the molecule is CCCCCC(=O)NC(C)CCNC(=O)OC(C)(C)C.O=CO. The van der Waals surface area contributed by atoms with Gasteiger partial charge >= 0.3 is 6.09 Å². The van der Waals surface area contributed by atoms with Crippen molar-refractivity contribution < 1.29 is 24.2 Å². The van der Waals surface area contributed by atoms with Gasteiger partial charge in [0.1, 0.15) is 5.60 Å². The summed E-state index contributed by atoms with van der Waals surface area (Å²) in [5.74, 6) is 0.0863. The van der Waals surface area contributed by atoms with Gasteiger partial charge in [0.15, 0.2) is 0 Å². The van der Waals surface area contributed by atoms with Crippen molar-refractivity contribution in [1.82, 2.24) is 10.6 Å². The van der Waals surface area contributed by atoms with E-state index in [1.807, 2.05) is 27.7 Å². The highest BCUT2D eigenvalue weighted by Crippen LogP contribution is 2.06.